The van der Waals surface area contributed by atoms with E-state index in [2.05, 4.69) is 35.9 Å². The highest BCUT2D eigenvalue weighted by molar-refractivity contribution is 6.33. The molecule has 0 spiro atoms. The van der Waals surface area contributed by atoms with Crippen molar-refractivity contribution in [2.24, 2.45) is 0 Å². The van der Waals surface area contributed by atoms with Gasteiger partial charge < -0.3 is 16.0 Å². The van der Waals surface area contributed by atoms with Gasteiger partial charge in [-0.15, -0.1) is 0 Å². The second-order valence-corrected chi connectivity index (χ2v) is 7.03. The third-order valence-corrected chi connectivity index (χ3v) is 4.70. The van der Waals surface area contributed by atoms with Crippen molar-refractivity contribution in [3.63, 3.8) is 0 Å². The fourth-order valence-electron chi connectivity index (χ4n) is 2.85. The first-order chi connectivity index (χ1) is 14.8. The Morgan fingerprint density at radius 2 is 1.83 bits per heavy atom. The molecular weight excluding hydrogens is 402 g/mol. The molecule has 0 radical (unpaired) electrons. The van der Waals surface area contributed by atoms with E-state index in [0.29, 0.717) is 40.9 Å². The van der Waals surface area contributed by atoms with Gasteiger partial charge in [0.25, 0.3) is 0 Å². The van der Waals surface area contributed by atoms with Gasteiger partial charge in [-0.05, 0) is 49.7 Å². The van der Waals surface area contributed by atoms with Gasteiger partial charge in [0.1, 0.15) is 11.6 Å². The molecule has 8 nitrogen and oxygen atoms in total. The van der Waals surface area contributed by atoms with Crippen LogP contribution in [0.2, 0.25) is 5.02 Å². The first-order valence-corrected chi connectivity index (χ1v) is 10.2. The van der Waals surface area contributed by atoms with Crippen molar-refractivity contribution in [1.29, 1.82) is 0 Å². The predicted molar refractivity (Wildman–Crippen MR) is 118 cm³/mol. The first kappa shape index (κ1) is 21.6. The molecule has 3 aromatic heterocycles. The van der Waals surface area contributed by atoms with Gasteiger partial charge in [-0.3, -0.25) is 14.8 Å². The summed E-state index contributed by atoms with van der Waals surface area (Å²) in [5.74, 6) is 1.00. The number of carbonyl (C=O) groups is 1. The van der Waals surface area contributed by atoms with E-state index < -0.39 is 0 Å². The van der Waals surface area contributed by atoms with Crippen LogP contribution in [0.5, 0.6) is 0 Å². The summed E-state index contributed by atoms with van der Waals surface area (Å²) in [6.45, 7) is 3.10. The number of hydrogen-bond acceptors (Lipinski definition) is 7. The number of amides is 1. The van der Waals surface area contributed by atoms with Crippen LogP contribution >= 0.6 is 11.6 Å². The van der Waals surface area contributed by atoms with E-state index in [4.69, 9.17) is 11.6 Å². The summed E-state index contributed by atoms with van der Waals surface area (Å²) in [5.41, 5.74) is 2.30. The molecule has 0 atom stereocenters. The second-order valence-electron chi connectivity index (χ2n) is 6.62. The van der Waals surface area contributed by atoms with E-state index >= 15 is 0 Å². The lowest BCUT2D eigenvalue weighted by Gasteiger charge is -2.09. The average molecular weight is 426 g/mol. The zero-order chi connectivity index (χ0) is 21.0. The van der Waals surface area contributed by atoms with Crippen LogP contribution in [0.25, 0.3) is 11.3 Å². The molecule has 1 saturated heterocycles. The Bertz CT molecular complexity index is 924. The number of anilines is 2. The van der Waals surface area contributed by atoms with Crippen LogP contribution in [0, 0.1) is 0 Å². The van der Waals surface area contributed by atoms with Crippen LogP contribution in [-0.4, -0.2) is 39.4 Å². The molecule has 4 heterocycles. The molecule has 30 heavy (non-hydrogen) atoms. The first-order valence-electron chi connectivity index (χ1n) is 9.78. The molecule has 156 valence electrons. The number of piperidine rings is 1. The molecule has 4 rings (SSSR count). The minimum atomic E-state index is 0.390. The third kappa shape index (κ3) is 6.75. The van der Waals surface area contributed by atoms with Crippen molar-refractivity contribution >= 4 is 29.6 Å². The molecule has 0 saturated carbocycles. The zero-order valence-corrected chi connectivity index (χ0v) is 17.3. The highest BCUT2D eigenvalue weighted by atomic mass is 35.5. The molecule has 1 aliphatic rings. The Labute approximate surface area is 180 Å². The maximum absolute atomic E-state index is 10.6. The van der Waals surface area contributed by atoms with Crippen molar-refractivity contribution in [2.45, 2.75) is 25.8 Å². The lowest BCUT2D eigenvalue weighted by atomic mass is 10.2. The highest BCUT2D eigenvalue weighted by Gasteiger charge is 2.09. The van der Waals surface area contributed by atoms with Gasteiger partial charge in [0, 0.05) is 30.7 Å². The average Bonchev–Trinajstić information content (AvgIpc) is 2.81. The molecule has 0 bridgehead atoms. The van der Waals surface area contributed by atoms with E-state index in [1.54, 1.807) is 30.9 Å². The maximum Gasteiger partial charge on any atom is 0.212 e. The summed E-state index contributed by atoms with van der Waals surface area (Å²) in [5, 5.41) is 9.39. The minimum Gasteiger partial charge on any atom is -0.365 e. The number of nitrogens with one attached hydrogen (secondary N) is 3. The summed E-state index contributed by atoms with van der Waals surface area (Å²) >= 11 is 6.18. The number of aromatic nitrogens is 4. The molecule has 9 heteroatoms. The van der Waals surface area contributed by atoms with Gasteiger partial charge in [0.05, 0.1) is 23.1 Å². The topological polar surface area (TPSA) is 105 Å². The Morgan fingerprint density at radius 3 is 2.50 bits per heavy atom. The molecule has 1 aliphatic heterocycles. The SMILES string of the molecule is C1CCNCC1.O=CNc1cc(-c2cncc(NCc3ccncc3)n2)c(Cl)cn1. The van der Waals surface area contributed by atoms with E-state index in [0.717, 1.165) is 5.56 Å². The molecule has 0 unspecified atom stereocenters. The van der Waals surface area contributed by atoms with E-state index in [9.17, 15) is 4.79 Å². The van der Waals surface area contributed by atoms with Crippen LogP contribution in [0.4, 0.5) is 11.6 Å². The van der Waals surface area contributed by atoms with Crippen LogP contribution in [0.15, 0.2) is 49.2 Å². The van der Waals surface area contributed by atoms with Crippen molar-refractivity contribution in [3.8, 4) is 11.3 Å². The summed E-state index contributed by atoms with van der Waals surface area (Å²) in [6.07, 6.45) is 12.9. The monoisotopic (exact) mass is 425 g/mol. The maximum atomic E-state index is 10.6. The van der Waals surface area contributed by atoms with Crippen LogP contribution in [0.3, 0.4) is 0 Å². The Hall–Kier alpha value is -3.10. The summed E-state index contributed by atoms with van der Waals surface area (Å²) in [4.78, 5) is 27.2. The standard InChI is InChI=1S/C16H13ClN6O.C5H11N/c17-13-7-21-15(22-10-24)5-12(13)14-8-19-9-16(23-14)20-6-11-1-3-18-4-2-11;1-2-4-6-5-3-1/h1-5,7-10H,6H2,(H,20,23)(H,21,22,24);6H,1-5H2. The summed E-state index contributed by atoms with van der Waals surface area (Å²) < 4.78 is 0. The molecule has 1 fully saturated rings. The van der Waals surface area contributed by atoms with Crippen LogP contribution in [0.1, 0.15) is 24.8 Å². The van der Waals surface area contributed by atoms with E-state index in [1.165, 1.54) is 38.5 Å². The van der Waals surface area contributed by atoms with Crippen molar-refractivity contribution in [2.75, 3.05) is 23.7 Å². The number of halogens is 1. The normalized spacial score (nSPS) is 13.0. The third-order valence-electron chi connectivity index (χ3n) is 4.40. The number of hydrogen-bond donors (Lipinski definition) is 3. The highest BCUT2D eigenvalue weighted by Crippen LogP contribution is 2.28. The summed E-state index contributed by atoms with van der Waals surface area (Å²) in [6, 6.07) is 5.48. The molecule has 0 aromatic carbocycles. The number of nitrogens with zero attached hydrogens (tertiary/aromatic N) is 4. The zero-order valence-electron chi connectivity index (χ0n) is 16.5. The van der Waals surface area contributed by atoms with Gasteiger partial charge in [-0.1, -0.05) is 18.0 Å². The molecule has 3 aromatic rings. The van der Waals surface area contributed by atoms with Crippen molar-refractivity contribution in [3.05, 3.63) is 59.8 Å². The Balaban J connectivity index is 0.000000367. The van der Waals surface area contributed by atoms with Gasteiger partial charge >= 0.3 is 0 Å². The van der Waals surface area contributed by atoms with Gasteiger partial charge in [-0.25, -0.2) is 9.97 Å². The lowest BCUT2D eigenvalue weighted by molar-refractivity contribution is -0.105. The van der Waals surface area contributed by atoms with Crippen LogP contribution in [-0.2, 0) is 11.3 Å². The van der Waals surface area contributed by atoms with Gasteiger partial charge in [0.2, 0.25) is 6.41 Å². The minimum absolute atomic E-state index is 0.390. The fraction of sp³-hybridized carbons (Fsp3) is 0.286. The van der Waals surface area contributed by atoms with Gasteiger partial charge in [0.15, 0.2) is 0 Å². The summed E-state index contributed by atoms with van der Waals surface area (Å²) in [7, 11) is 0. The smallest absolute Gasteiger partial charge is 0.212 e. The van der Waals surface area contributed by atoms with Crippen LogP contribution < -0.4 is 16.0 Å². The molecule has 1 amide bonds. The van der Waals surface area contributed by atoms with Gasteiger partial charge in [-0.2, -0.15) is 0 Å². The second kappa shape index (κ2) is 11.8. The Kier molecular flexibility index (Phi) is 8.49. The molecular formula is C21H24ClN7O. The van der Waals surface area contributed by atoms with E-state index in [1.807, 2.05) is 12.1 Å². The quantitative estimate of drug-likeness (QED) is 0.519. The van der Waals surface area contributed by atoms with E-state index in [-0.39, 0.29) is 0 Å². The molecule has 0 aliphatic carbocycles. The number of pyridine rings is 2. The predicted octanol–water partition coefficient (Wildman–Crippen LogP) is 3.53. The fourth-order valence-corrected chi connectivity index (χ4v) is 3.05. The van der Waals surface area contributed by atoms with Crippen molar-refractivity contribution < 1.29 is 4.79 Å². The Morgan fingerprint density at radius 1 is 1.03 bits per heavy atom. The number of carbonyl (C=O) groups excluding carboxylic acids is 1. The largest absolute Gasteiger partial charge is 0.365 e. The number of rotatable bonds is 6. The molecule has 3 N–H and O–H groups in total. The van der Waals surface area contributed by atoms with Crippen molar-refractivity contribution in [1.82, 2.24) is 25.3 Å². The lowest BCUT2D eigenvalue weighted by Crippen LogP contribution is -2.21.